The second-order valence-corrected chi connectivity index (χ2v) is 14.9. The topological polar surface area (TPSA) is 71.4 Å². The van der Waals surface area contributed by atoms with E-state index in [2.05, 4.69) is 93.6 Å². The Kier molecular flexibility index (Phi) is 7.82. The van der Waals surface area contributed by atoms with Crippen molar-refractivity contribution in [2.75, 3.05) is 5.75 Å². The predicted octanol–water partition coefficient (Wildman–Crippen LogP) is 5.64. The summed E-state index contributed by atoms with van der Waals surface area (Å²) in [7, 11) is -4.56. The predicted molar refractivity (Wildman–Crippen MR) is 154 cm³/mol. The molecule has 2 aliphatic carbocycles. The Morgan fingerprint density at radius 1 is 0.784 bits per heavy atom. The minimum Gasteiger partial charge on any atom is -0.299 e. The van der Waals surface area contributed by atoms with Crippen LogP contribution in [0.2, 0.25) is 0 Å². The van der Waals surface area contributed by atoms with E-state index in [1.54, 1.807) is 0 Å². The molecule has 196 valence electrons. The molecule has 0 saturated heterocycles. The summed E-state index contributed by atoms with van der Waals surface area (Å²) >= 11 is 0. The van der Waals surface area contributed by atoms with Crippen molar-refractivity contribution in [3.8, 4) is 0 Å². The molecule has 2 atom stereocenters. The highest BCUT2D eigenvalue weighted by Crippen LogP contribution is 2.64. The number of aryl methyl sites for hydroxylation is 3. The molecule has 0 radical (unpaired) electrons. The zero-order valence-corrected chi connectivity index (χ0v) is 24.1. The molecule has 2 unspecified atom stereocenters. The Morgan fingerprint density at radius 2 is 1.16 bits per heavy atom. The number of ketones is 1. The third-order valence-corrected chi connectivity index (χ3v) is 11.7. The Hall–Kier alpha value is -2.33. The fraction of sp³-hybridized carbons (Fsp3) is 0.387. The molecule has 2 aliphatic rings. The average Bonchev–Trinajstić information content (AvgIpc) is 3.16. The van der Waals surface area contributed by atoms with E-state index in [1.165, 1.54) is 32.6 Å². The molecule has 1 N–H and O–H groups in total. The smallest absolute Gasteiger partial charge is 0.265 e. The second-order valence-electron chi connectivity index (χ2n) is 11.2. The number of hydrogen-bond donors (Lipinski definition) is 1. The quantitative estimate of drug-likeness (QED) is 0.338. The van der Waals surface area contributed by atoms with E-state index in [-0.39, 0.29) is 17.1 Å². The highest BCUT2D eigenvalue weighted by molar-refractivity contribution is 7.85. The van der Waals surface area contributed by atoms with E-state index in [0.717, 1.165) is 6.42 Å². The van der Waals surface area contributed by atoms with Crippen molar-refractivity contribution in [1.29, 1.82) is 0 Å². The molecule has 2 fully saturated rings. The van der Waals surface area contributed by atoms with Gasteiger partial charge in [-0.1, -0.05) is 103 Å². The van der Waals surface area contributed by atoms with E-state index in [1.807, 2.05) is 13.8 Å². The molecule has 2 bridgehead atoms. The first-order valence-corrected chi connectivity index (χ1v) is 15.8. The Bertz CT molecular complexity index is 1250. The number of hydrogen-bond acceptors (Lipinski definition) is 3. The SMILES string of the molecule is CC1(C)C2CCC1(CS(=O)(=O)O)C(=O)C2.Cc1ccc(P(c2ccc(C)cc2)c2ccc(C)cc2)cc1. The Labute approximate surface area is 223 Å². The van der Waals surface area contributed by atoms with Crippen molar-refractivity contribution in [2.24, 2.45) is 16.7 Å². The fourth-order valence-electron chi connectivity index (χ4n) is 5.95. The van der Waals surface area contributed by atoms with Gasteiger partial charge in [0.1, 0.15) is 5.78 Å². The van der Waals surface area contributed by atoms with Crippen molar-refractivity contribution in [1.82, 2.24) is 0 Å². The molecule has 4 nitrogen and oxygen atoms in total. The molecule has 6 heteroatoms. The summed E-state index contributed by atoms with van der Waals surface area (Å²) in [5.41, 5.74) is 2.81. The molecule has 0 heterocycles. The molecule has 3 aromatic carbocycles. The van der Waals surface area contributed by atoms with E-state index in [9.17, 15) is 13.2 Å². The van der Waals surface area contributed by atoms with Crippen LogP contribution in [0.4, 0.5) is 0 Å². The molecular weight excluding hydrogens is 499 g/mol. The summed E-state index contributed by atoms with van der Waals surface area (Å²) < 4.78 is 31.0. The van der Waals surface area contributed by atoms with Crippen LogP contribution in [-0.4, -0.2) is 24.5 Å². The first-order chi connectivity index (χ1) is 17.3. The van der Waals surface area contributed by atoms with Gasteiger partial charge < -0.3 is 0 Å². The molecule has 3 aromatic rings. The zero-order valence-electron chi connectivity index (χ0n) is 22.4. The summed E-state index contributed by atoms with van der Waals surface area (Å²) in [6.07, 6.45) is 1.97. The normalized spacial score (nSPS) is 22.1. The summed E-state index contributed by atoms with van der Waals surface area (Å²) in [6, 6.07) is 27.0. The maximum Gasteiger partial charge on any atom is 0.265 e. The van der Waals surface area contributed by atoms with Crippen LogP contribution in [0.15, 0.2) is 72.8 Å². The van der Waals surface area contributed by atoms with Crippen LogP contribution in [-0.2, 0) is 14.9 Å². The maximum absolute atomic E-state index is 11.9. The first kappa shape index (κ1) is 27.7. The van der Waals surface area contributed by atoms with Gasteiger partial charge in [-0.25, -0.2) is 0 Å². The lowest BCUT2D eigenvalue weighted by molar-refractivity contribution is -0.128. The van der Waals surface area contributed by atoms with Crippen molar-refractivity contribution < 1.29 is 17.8 Å². The van der Waals surface area contributed by atoms with Gasteiger partial charge in [-0.3, -0.25) is 9.35 Å². The molecule has 0 spiro atoms. The molecule has 5 rings (SSSR count). The van der Waals surface area contributed by atoms with Gasteiger partial charge in [-0.15, -0.1) is 0 Å². The van der Waals surface area contributed by atoms with E-state index in [4.69, 9.17) is 4.55 Å². The number of fused-ring (bicyclic) bond motifs is 2. The van der Waals surface area contributed by atoms with Crippen LogP contribution in [0.5, 0.6) is 0 Å². The zero-order chi connectivity index (χ0) is 27.0. The van der Waals surface area contributed by atoms with Crippen LogP contribution < -0.4 is 15.9 Å². The van der Waals surface area contributed by atoms with E-state index >= 15 is 0 Å². The van der Waals surface area contributed by atoms with Gasteiger partial charge in [0, 0.05) is 6.42 Å². The summed E-state index contributed by atoms with van der Waals surface area (Å²) in [5.74, 6) is -0.101. The Balaban J connectivity index is 0.000000186. The van der Waals surface area contributed by atoms with Gasteiger partial charge in [0.05, 0.1) is 11.2 Å². The molecule has 0 aliphatic heterocycles. The molecule has 0 amide bonds. The van der Waals surface area contributed by atoms with Crippen LogP contribution in [0.3, 0.4) is 0 Å². The van der Waals surface area contributed by atoms with Crippen LogP contribution in [0.25, 0.3) is 0 Å². The Morgan fingerprint density at radius 3 is 1.43 bits per heavy atom. The monoisotopic (exact) mass is 536 g/mol. The maximum atomic E-state index is 11.9. The van der Waals surface area contributed by atoms with Gasteiger partial charge in [0.15, 0.2) is 0 Å². The molecule has 0 aromatic heterocycles. The van der Waals surface area contributed by atoms with E-state index in [0.29, 0.717) is 12.8 Å². The van der Waals surface area contributed by atoms with Gasteiger partial charge in [0.2, 0.25) is 0 Å². The minimum atomic E-state index is -4.08. The third-order valence-electron chi connectivity index (χ3n) is 8.44. The van der Waals surface area contributed by atoms with Crippen molar-refractivity contribution in [3.05, 3.63) is 89.5 Å². The minimum absolute atomic E-state index is 0.0152. The summed E-state index contributed by atoms with van der Waals surface area (Å²) in [5, 5.41) is 4.23. The van der Waals surface area contributed by atoms with Crippen molar-refractivity contribution in [2.45, 2.75) is 53.9 Å². The highest BCUT2D eigenvalue weighted by Gasteiger charge is 2.65. The number of carbonyl (C=O) groups excluding carboxylic acids is 1. The number of rotatable bonds is 5. The van der Waals surface area contributed by atoms with Gasteiger partial charge >= 0.3 is 0 Å². The summed E-state index contributed by atoms with van der Waals surface area (Å²) in [6.45, 7) is 10.3. The van der Waals surface area contributed by atoms with Gasteiger partial charge in [-0.05, 0) is 68.8 Å². The van der Waals surface area contributed by atoms with Gasteiger partial charge in [-0.2, -0.15) is 8.42 Å². The molecule has 2 saturated carbocycles. The lowest BCUT2D eigenvalue weighted by Crippen LogP contribution is -2.42. The molecule has 37 heavy (non-hydrogen) atoms. The fourth-order valence-corrected chi connectivity index (χ4v) is 9.48. The van der Waals surface area contributed by atoms with Crippen molar-refractivity contribution >= 4 is 39.7 Å². The molecular formula is C31H37O4PS. The van der Waals surface area contributed by atoms with Crippen LogP contribution >= 0.6 is 7.92 Å². The third kappa shape index (κ3) is 5.74. The summed E-state index contributed by atoms with van der Waals surface area (Å²) in [4.78, 5) is 11.9. The number of benzene rings is 3. The lowest BCUT2D eigenvalue weighted by Gasteiger charge is -2.35. The van der Waals surface area contributed by atoms with Crippen molar-refractivity contribution in [3.63, 3.8) is 0 Å². The average molecular weight is 537 g/mol. The van der Waals surface area contributed by atoms with E-state index < -0.39 is 29.2 Å². The number of carbonyl (C=O) groups is 1. The largest absolute Gasteiger partial charge is 0.299 e. The lowest BCUT2D eigenvalue weighted by atomic mass is 9.70. The van der Waals surface area contributed by atoms with Gasteiger partial charge in [0.25, 0.3) is 10.1 Å². The van der Waals surface area contributed by atoms with Crippen LogP contribution in [0, 0.1) is 37.5 Å². The second kappa shape index (κ2) is 10.4. The van der Waals surface area contributed by atoms with Crippen LogP contribution in [0.1, 0.15) is 49.8 Å². The first-order valence-electron chi connectivity index (χ1n) is 12.8. The standard InChI is InChI=1S/C21H21P.C10H16O4S/c1-16-4-10-19(11-5-16)22(20-12-6-17(2)7-13-20)21-14-8-18(3)9-15-21;1-9(2)7-3-4-10(9,8(11)5-7)6-15(12,13)14/h4-15H,1-3H3;7H,3-6H2,1-2H3,(H,12,13,14). The highest BCUT2D eigenvalue weighted by atomic mass is 32.2. The number of Topliss-reactive ketones (excluding diaryl/α,β-unsaturated/α-hetero) is 1.